The summed E-state index contributed by atoms with van der Waals surface area (Å²) in [7, 11) is 3.57. The lowest BCUT2D eigenvalue weighted by Crippen LogP contribution is -2.26. The van der Waals surface area contributed by atoms with E-state index >= 15 is 0 Å². The molecule has 6 aromatic heterocycles. The van der Waals surface area contributed by atoms with Gasteiger partial charge in [-0.3, -0.25) is 23.8 Å². The summed E-state index contributed by atoms with van der Waals surface area (Å²) in [4.78, 5) is 34.6. The highest BCUT2D eigenvalue weighted by Crippen LogP contribution is 2.34. The number of benzene rings is 2. The summed E-state index contributed by atoms with van der Waals surface area (Å²) in [5.41, 5.74) is 6.68. The standard InChI is InChI=1S/C34H31N15OS2/c1-5-30(50)47(29-12-8-9-22(36-29)19-51-33-37-25-10-6-7-11-27(25)48(33)31-39-41-43-45(31)3)24-13-14-26-28(18-24)49(32-40-42-44-46(32)4)34(38-26)52-20-23-17-21(2)15-16-35-23/h6-18H,5,19-20H2,1-4H3. The lowest BCUT2D eigenvalue weighted by molar-refractivity contribution is -0.117. The maximum atomic E-state index is 13.7. The van der Waals surface area contributed by atoms with E-state index in [4.69, 9.17) is 15.0 Å². The van der Waals surface area contributed by atoms with Gasteiger partial charge in [-0.2, -0.15) is 0 Å². The number of pyridine rings is 2. The second-order valence-electron chi connectivity index (χ2n) is 11.8. The van der Waals surface area contributed by atoms with Crippen LogP contribution in [0, 0.1) is 6.92 Å². The van der Waals surface area contributed by atoms with E-state index in [1.165, 1.54) is 23.5 Å². The molecule has 16 nitrogen and oxygen atoms in total. The number of fused-ring (bicyclic) bond motifs is 2. The van der Waals surface area contributed by atoms with Crippen LogP contribution in [0.5, 0.6) is 0 Å². The van der Waals surface area contributed by atoms with Crippen molar-refractivity contribution in [2.24, 2.45) is 14.1 Å². The molecule has 0 spiro atoms. The maximum Gasteiger partial charge on any atom is 0.256 e. The number of carbonyl (C=O) groups is 1. The van der Waals surface area contributed by atoms with Crippen molar-refractivity contribution in [3.05, 3.63) is 95.9 Å². The number of tetrazole rings is 2. The normalized spacial score (nSPS) is 11.5. The van der Waals surface area contributed by atoms with E-state index < -0.39 is 0 Å². The Balaban J connectivity index is 1.14. The first-order chi connectivity index (χ1) is 25.4. The van der Waals surface area contributed by atoms with Crippen LogP contribution in [0.1, 0.15) is 30.3 Å². The highest BCUT2D eigenvalue weighted by atomic mass is 32.2. The number of para-hydroxylation sites is 2. The molecule has 0 bridgehead atoms. The van der Waals surface area contributed by atoms with Gasteiger partial charge in [-0.1, -0.05) is 58.8 Å². The molecule has 8 rings (SSSR count). The van der Waals surface area contributed by atoms with E-state index in [1.807, 2.05) is 95.9 Å². The molecule has 18 heteroatoms. The van der Waals surface area contributed by atoms with Crippen molar-refractivity contribution in [3.63, 3.8) is 0 Å². The summed E-state index contributed by atoms with van der Waals surface area (Å²) in [5.74, 6) is 2.52. The zero-order chi connectivity index (χ0) is 35.8. The SMILES string of the molecule is CCC(=O)N(c1ccc2nc(SCc3cc(C)ccn3)n(-c3nnnn3C)c2c1)c1cccc(CSc2nc3ccccc3n2-c2nnnn2C)n1. The highest BCUT2D eigenvalue weighted by molar-refractivity contribution is 7.98. The van der Waals surface area contributed by atoms with Gasteiger partial charge in [0.25, 0.3) is 11.9 Å². The largest absolute Gasteiger partial charge is 0.274 e. The predicted octanol–water partition coefficient (Wildman–Crippen LogP) is 5.17. The monoisotopic (exact) mass is 729 g/mol. The first-order valence-electron chi connectivity index (χ1n) is 16.3. The molecular formula is C34H31N15OS2. The smallest absolute Gasteiger partial charge is 0.256 e. The number of carbonyl (C=O) groups excluding carboxylic acids is 1. The Morgan fingerprint density at radius 3 is 2.08 bits per heavy atom. The molecule has 0 aliphatic rings. The quantitative estimate of drug-likeness (QED) is 0.160. The number of hydrogen-bond acceptors (Lipinski definition) is 13. The van der Waals surface area contributed by atoms with Crippen molar-refractivity contribution in [3.8, 4) is 11.9 Å². The average Bonchev–Trinajstić information content (AvgIpc) is 3.94. The highest BCUT2D eigenvalue weighted by Gasteiger charge is 2.23. The Hall–Kier alpha value is -6.01. The van der Waals surface area contributed by atoms with E-state index in [2.05, 4.69) is 42.1 Å². The Bertz CT molecular complexity index is 2570. The Labute approximate surface area is 305 Å². The fourth-order valence-electron chi connectivity index (χ4n) is 5.78. The number of thioether (sulfide) groups is 2. The van der Waals surface area contributed by atoms with Gasteiger partial charge in [-0.25, -0.2) is 24.3 Å². The van der Waals surface area contributed by atoms with Gasteiger partial charge in [0.15, 0.2) is 10.3 Å². The third-order valence-corrected chi connectivity index (χ3v) is 10.2. The molecule has 0 atom stereocenters. The molecule has 0 saturated carbocycles. The summed E-state index contributed by atoms with van der Waals surface area (Å²) in [6.45, 7) is 3.88. The van der Waals surface area contributed by atoms with Gasteiger partial charge in [-0.15, -0.1) is 0 Å². The number of imidazole rings is 2. The number of anilines is 2. The van der Waals surface area contributed by atoms with Crippen molar-refractivity contribution in [1.82, 2.24) is 69.5 Å². The van der Waals surface area contributed by atoms with Crippen molar-refractivity contribution in [1.29, 1.82) is 0 Å². The lowest BCUT2D eigenvalue weighted by Gasteiger charge is -2.22. The lowest BCUT2D eigenvalue weighted by atomic mass is 10.2. The molecule has 0 aliphatic carbocycles. The van der Waals surface area contributed by atoms with Crippen LogP contribution in [-0.4, -0.2) is 75.4 Å². The van der Waals surface area contributed by atoms with Crippen LogP contribution < -0.4 is 4.90 Å². The minimum absolute atomic E-state index is 0.111. The summed E-state index contributed by atoms with van der Waals surface area (Å²) in [6, 6.07) is 23.3. The minimum atomic E-state index is -0.111. The molecule has 0 radical (unpaired) electrons. The summed E-state index contributed by atoms with van der Waals surface area (Å²) in [5, 5.41) is 25.8. The van der Waals surface area contributed by atoms with Crippen molar-refractivity contribution >= 4 is 63.0 Å². The zero-order valence-corrected chi connectivity index (χ0v) is 30.2. The molecule has 8 aromatic rings. The fraction of sp³-hybridized carbons (Fsp3) is 0.206. The number of nitrogens with zero attached hydrogens (tertiary/aromatic N) is 15. The molecule has 1 amide bonds. The molecule has 0 unspecified atom stereocenters. The Kier molecular flexibility index (Phi) is 8.90. The third kappa shape index (κ3) is 6.26. The van der Waals surface area contributed by atoms with Crippen LogP contribution in [-0.2, 0) is 30.4 Å². The molecule has 2 aromatic carbocycles. The van der Waals surface area contributed by atoms with Crippen LogP contribution in [0.2, 0.25) is 0 Å². The minimum Gasteiger partial charge on any atom is -0.274 e. The zero-order valence-electron chi connectivity index (χ0n) is 28.6. The first-order valence-corrected chi connectivity index (χ1v) is 18.3. The van der Waals surface area contributed by atoms with Crippen LogP contribution in [0.4, 0.5) is 11.5 Å². The summed E-state index contributed by atoms with van der Waals surface area (Å²) >= 11 is 3.05. The predicted molar refractivity (Wildman–Crippen MR) is 197 cm³/mol. The van der Waals surface area contributed by atoms with Gasteiger partial charge < -0.3 is 0 Å². The molecular weight excluding hydrogens is 699 g/mol. The second-order valence-corrected chi connectivity index (χ2v) is 13.7. The number of rotatable bonds is 11. The van der Waals surface area contributed by atoms with Gasteiger partial charge in [0.1, 0.15) is 5.82 Å². The Morgan fingerprint density at radius 1 is 0.731 bits per heavy atom. The summed E-state index contributed by atoms with van der Waals surface area (Å²) < 4.78 is 7.05. The van der Waals surface area contributed by atoms with Crippen molar-refractivity contribution in [2.45, 2.75) is 42.1 Å². The van der Waals surface area contributed by atoms with E-state index in [0.29, 0.717) is 40.1 Å². The molecule has 0 saturated heterocycles. The number of aryl methyl sites for hydroxylation is 3. The third-order valence-electron chi connectivity index (χ3n) is 8.23. The number of hydrogen-bond donors (Lipinski definition) is 0. The van der Waals surface area contributed by atoms with E-state index in [9.17, 15) is 4.79 Å². The fourth-order valence-corrected chi connectivity index (χ4v) is 7.60. The van der Waals surface area contributed by atoms with E-state index in [0.717, 1.165) is 44.2 Å². The summed E-state index contributed by atoms with van der Waals surface area (Å²) in [6.07, 6.45) is 2.08. The van der Waals surface area contributed by atoms with Crippen LogP contribution in [0.3, 0.4) is 0 Å². The van der Waals surface area contributed by atoms with Crippen LogP contribution in [0.25, 0.3) is 34.0 Å². The van der Waals surface area contributed by atoms with Crippen molar-refractivity contribution < 1.29 is 4.79 Å². The number of aromatic nitrogens is 14. The van der Waals surface area contributed by atoms with E-state index in [-0.39, 0.29) is 12.3 Å². The van der Waals surface area contributed by atoms with Crippen molar-refractivity contribution in [2.75, 3.05) is 4.90 Å². The van der Waals surface area contributed by atoms with E-state index in [1.54, 1.807) is 28.4 Å². The van der Waals surface area contributed by atoms with Gasteiger partial charge in [0, 0.05) is 38.2 Å². The van der Waals surface area contributed by atoms with Gasteiger partial charge in [0.05, 0.1) is 39.1 Å². The molecule has 6 heterocycles. The van der Waals surface area contributed by atoms with Gasteiger partial charge >= 0.3 is 0 Å². The molecule has 260 valence electrons. The molecule has 0 fully saturated rings. The van der Waals surface area contributed by atoms with Gasteiger partial charge in [0.2, 0.25) is 5.91 Å². The molecule has 52 heavy (non-hydrogen) atoms. The topological polar surface area (TPSA) is 169 Å². The van der Waals surface area contributed by atoms with Crippen LogP contribution in [0.15, 0.2) is 89.3 Å². The van der Waals surface area contributed by atoms with Gasteiger partial charge in [-0.05, 0) is 87.9 Å². The Morgan fingerprint density at radius 2 is 1.40 bits per heavy atom. The molecule has 0 N–H and O–H groups in total. The molecule has 0 aliphatic heterocycles. The average molecular weight is 730 g/mol. The first kappa shape index (κ1) is 33.2. The maximum absolute atomic E-state index is 13.7. The second kappa shape index (κ2) is 14.0. The van der Waals surface area contributed by atoms with Crippen LogP contribution >= 0.6 is 23.5 Å². The number of amides is 1.